The molecule has 3 aromatic rings. The predicted octanol–water partition coefficient (Wildman–Crippen LogP) is 5.17. The van der Waals surface area contributed by atoms with Gasteiger partial charge in [-0.15, -0.1) is 6.58 Å². The van der Waals surface area contributed by atoms with Gasteiger partial charge < -0.3 is 0 Å². The minimum atomic E-state index is -0.0315. The summed E-state index contributed by atoms with van der Waals surface area (Å²) in [6.07, 6.45) is 7.71. The minimum Gasteiger partial charge on any atom is -0.265 e. The molecule has 112 valence electrons. The quantitative estimate of drug-likeness (QED) is 0.606. The zero-order chi connectivity index (χ0) is 15.7. The van der Waals surface area contributed by atoms with Gasteiger partial charge in [-0.2, -0.15) is 0 Å². The van der Waals surface area contributed by atoms with Crippen molar-refractivity contribution in [3.05, 3.63) is 102 Å². The highest BCUT2D eigenvalue weighted by molar-refractivity contribution is 5.81. The Kier molecular flexibility index (Phi) is 3.34. The number of benzene rings is 2. The highest BCUT2D eigenvalue weighted by atomic mass is 14.6. The van der Waals surface area contributed by atoms with E-state index in [9.17, 15) is 0 Å². The SMILES string of the molecule is C=CCC1(Cc2ccncc2)c2ccccc2-c2ccccc21. The van der Waals surface area contributed by atoms with Crippen LogP contribution in [-0.2, 0) is 11.8 Å². The first-order valence-corrected chi connectivity index (χ1v) is 8.04. The monoisotopic (exact) mass is 297 g/mol. The standard InChI is InChI=1S/C22H19N/c1-2-13-22(16-17-11-14-23-15-12-17)20-9-5-3-7-18(20)19-8-4-6-10-21(19)22/h2-12,14-15H,1,13,16H2. The highest BCUT2D eigenvalue weighted by Crippen LogP contribution is 2.52. The van der Waals surface area contributed by atoms with Crippen molar-refractivity contribution >= 4 is 0 Å². The molecule has 0 spiro atoms. The normalized spacial score (nSPS) is 14.1. The van der Waals surface area contributed by atoms with Gasteiger partial charge in [-0.3, -0.25) is 4.98 Å². The van der Waals surface area contributed by atoms with E-state index in [0.29, 0.717) is 0 Å². The number of allylic oxidation sites excluding steroid dienone is 1. The van der Waals surface area contributed by atoms with Crippen LogP contribution in [0.2, 0.25) is 0 Å². The van der Waals surface area contributed by atoms with E-state index in [1.165, 1.54) is 27.8 Å². The molecule has 0 bridgehead atoms. The second kappa shape index (κ2) is 5.51. The van der Waals surface area contributed by atoms with Gasteiger partial charge in [0.05, 0.1) is 0 Å². The van der Waals surface area contributed by atoms with Crippen molar-refractivity contribution in [2.24, 2.45) is 0 Å². The Morgan fingerprint density at radius 1 is 0.826 bits per heavy atom. The van der Waals surface area contributed by atoms with E-state index in [2.05, 4.69) is 78.3 Å². The van der Waals surface area contributed by atoms with Gasteiger partial charge in [-0.25, -0.2) is 0 Å². The average molecular weight is 297 g/mol. The Hall–Kier alpha value is -2.67. The van der Waals surface area contributed by atoms with Crippen LogP contribution in [0.15, 0.2) is 85.7 Å². The lowest BCUT2D eigenvalue weighted by atomic mass is 9.71. The fraction of sp³-hybridized carbons (Fsp3) is 0.136. The van der Waals surface area contributed by atoms with Crippen molar-refractivity contribution in [1.82, 2.24) is 4.98 Å². The van der Waals surface area contributed by atoms with E-state index in [4.69, 9.17) is 0 Å². The van der Waals surface area contributed by atoms with Crippen LogP contribution in [0.1, 0.15) is 23.1 Å². The fourth-order valence-corrected chi connectivity index (χ4v) is 3.99. The first kappa shape index (κ1) is 14.0. The van der Waals surface area contributed by atoms with E-state index in [1.54, 1.807) is 0 Å². The first-order valence-electron chi connectivity index (χ1n) is 8.04. The summed E-state index contributed by atoms with van der Waals surface area (Å²) in [7, 11) is 0. The van der Waals surface area contributed by atoms with Crippen LogP contribution in [0.3, 0.4) is 0 Å². The molecule has 0 saturated carbocycles. The van der Waals surface area contributed by atoms with Crippen molar-refractivity contribution in [2.75, 3.05) is 0 Å². The van der Waals surface area contributed by atoms with Gasteiger partial charge in [-0.1, -0.05) is 54.6 Å². The maximum absolute atomic E-state index is 4.16. The van der Waals surface area contributed by atoms with Crippen LogP contribution < -0.4 is 0 Å². The third kappa shape index (κ3) is 2.12. The van der Waals surface area contributed by atoms with E-state index in [1.807, 2.05) is 12.4 Å². The minimum absolute atomic E-state index is 0.0315. The smallest absolute Gasteiger partial charge is 0.0289 e. The molecule has 0 radical (unpaired) electrons. The zero-order valence-corrected chi connectivity index (χ0v) is 13.1. The summed E-state index contributed by atoms with van der Waals surface area (Å²) in [6, 6.07) is 21.8. The molecule has 23 heavy (non-hydrogen) atoms. The molecule has 4 rings (SSSR count). The third-order valence-electron chi connectivity index (χ3n) is 4.92. The Morgan fingerprint density at radius 3 is 1.96 bits per heavy atom. The Bertz CT molecular complexity index is 803. The molecule has 0 amide bonds. The van der Waals surface area contributed by atoms with Crippen LogP contribution in [0, 0.1) is 0 Å². The summed E-state index contributed by atoms with van der Waals surface area (Å²) in [5.41, 5.74) is 6.83. The van der Waals surface area contributed by atoms with Gasteiger partial charge in [0, 0.05) is 17.8 Å². The lowest BCUT2D eigenvalue weighted by Crippen LogP contribution is -2.27. The van der Waals surface area contributed by atoms with Crippen LogP contribution in [0.5, 0.6) is 0 Å². The van der Waals surface area contributed by atoms with Crippen molar-refractivity contribution in [3.8, 4) is 11.1 Å². The number of nitrogens with zero attached hydrogens (tertiary/aromatic N) is 1. The molecule has 2 aromatic carbocycles. The van der Waals surface area contributed by atoms with Crippen LogP contribution >= 0.6 is 0 Å². The number of fused-ring (bicyclic) bond motifs is 3. The summed E-state index contributed by atoms with van der Waals surface area (Å²) in [4.78, 5) is 4.16. The molecule has 0 unspecified atom stereocenters. The van der Waals surface area contributed by atoms with Crippen LogP contribution in [0.25, 0.3) is 11.1 Å². The molecular weight excluding hydrogens is 278 g/mol. The molecule has 1 aliphatic carbocycles. The molecule has 0 N–H and O–H groups in total. The fourth-order valence-electron chi connectivity index (χ4n) is 3.99. The van der Waals surface area contributed by atoms with Crippen molar-refractivity contribution in [3.63, 3.8) is 0 Å². The van der Waals surface area contributed by atoms with Gasteiger partial charge in [0.1, 0.15) is 0 Å². The highest BCUT2D eigenvalue weighted by Gasteiger charge is 2.41. The summed E-state index contributed by atoms with van der Waals surface area (Å²) in [6.45, 7) is 4.04. The summed E-state index contributed by atoms with van der Waals surface area (Å²) in [5, 5.41) is 0. The van der Waals surface area contributed by atoms with E-state index in [0.717, 1.165) is 12.8 Å². The molecule has 1 heterocycles. The lowest BCUT2D eigenvalue weighted by Gasteiger charge is -2.31. The molecule has 0 aliphatic heterocycles. The van der Waals surface area contributed by atoms with Crippen LogP contribution in [-0.4, -0.2) is 4.98 Å². The van der Waals surface area contributed by atoms with E-state index >= 15 is 0 Å². The lowest BCUT2D eigenvalue weighted by molar-refractivity contribution is 0.531. The number of hydrogen-bond donors (Lipinski definition) is 0. The second-order valence-electron chi connectivity index (χ2n) is 6.20. The Morgan fingerprint density at radius 2 is 1.39 bits per heavy atom. The average Bonchev–Trinajstić information content (AvgIpc) is 2.88. The Balaban J connectivity index is 1.96. The molecule has 1 aliphatic rings. The molecule has 1 nitrogen and oxygen atoms in total. The van der Waals surface area contributed by atoms with E-state index < -0.39 is 0 Å². The third-order valence-corrected chi connectivity index (χ3v) is 4.92. The predicted molar refractivity (Wildman–Crippen MR) is 95.4 cm³/mol. The summed E-state index contributed by atoms with van der Waals surface area (Å²) in [5.74, 6) is 0. The van der Waals surface area contributed by atoms with Gasteiger partial charge >= 0.3 is 0 Å². The van der Waals surface area contributed by atoms with Crippen LogP contribution in [0.4, 0.5) is 0 Å². The maximum Gasteiger partial charge on any atom is 0.0289 e. The topological polar surface area (TPSA) is 12.9 Å². The number of aromatic nitrogens is 1. The zero-order valence-electron chi connectivity index (χ0n) is 13.1. The summed E-state index contributed by atoms with van der Waals surface area (Å²) >= 11 is 0. The molecule has 0 saturated heterocycles. The molecule has 1 aromatic heterocycles. The van der Waals surface area contributed by atoms with Crippen molar-refractivity contribution in [1.29, 1.82) is 0 Å². The van der Waals surface area contributed by atoms with Gasteiger partial charge in [0.2, 0.25) is 0 Å². The molecule has 0 fully saturated rings. The summed E-state index contributed by atoms with van der Waals surface area (Å²) < 4.78 is 0. The first-order chi connectivity index (χ1) is 11.3. The van der Waals surface area contributed by atoms with Gasteiger partial charge in [-0.05, 0) is 52.8 Å². The Labute approximate surface area is 137 Å². The van der Waals surface area contributed by atoms with Crippen molar-refractivity contribution in [2.45, 2.75) is 18.3 Å². The number of rotatable bonds is 4. The molecule has 1 heteroatoms. The van der Waals surface area contributed by atoms with Crippen molar-refractivity contribution < 1.29 is 0 Å². The molecular formula is C22H19N. The number of hydrogen-bond acceptors (Lipinski definition) is 1. The van der Waals surface area contributed by atoms with Gasteiger partial charge in [0.25, 0.3) is 0 Å². The maximum atomic E-state index is 4.16. The number of pyridine rings is 1. The van der Waals surface area contributed by atoms with Gasteiger partial charge in [0.15, 0.2) is 0 Å². The largest absolute Gasteiger partial charge is 0.265 e. The van der Waals surface area contributed by atoms with E-state index in [-0.39, 0.29) is 5.41 Å². The molecule has 0 atom stereocenters. The second-order valence-corrected chi connectivity index (χ2v) is 6.20.